The number of pyridine rings is 1. The Balaban J connectivity index is 1.59. The number of nitrogens with one attached hydrogen (secondary N) is 1. The summed E-state index contributed by atoms with van der Waals surface area (Å²) >= 11 is 0. The molecule has 1 aliphatic heterocycles. The summed E-state index contributed by atoms with van der Waals surface area (Å²) in [5.41, 5.74) is 1.05. The lowest BCUT2D eigenvalue weighted by molar-refractivity contribution is -0.124. The number of anilines is 1. The minimum atomic E-state index is -0.373. The van der Waals surface area contributed by atoms with Gasteiger partial charge in [-0.25, -0.2) is 14.6 Å². The molecular weight excluding hydrogens is 280 g/mol. The predicted octanol–water partition coefficient (Wildman–Crippen LogP) is 1.15. The van der Waals surface area contributed by atoms with Crippen molar-refractivity contribution in [3.8, 4) is 0 Å². The van der Waals surface area contributed by atoms with Gasteiger partial charge in [0.25, 0.3) is 0 Å². The van der Waals surface area contributed by atoms with E-state index in [0.717, 1.165) is 24.5 Å². The summed E-state index contributed by atoms with van der Waals surface area (Å²) in [5, 5.41) is 6.92. The van der Waals surface area contributed by atoms with Crippen molar-refractivity contribution in [3.05, 3.63) is 36.5 Å². The SMILES string of the molecule is C[C@H](C(=O)NCc1ccnc(N2CCCC2)c1)n1cncn1. The van der Waals surface area contributed by atoms with E-state index in [0.29, 0.717) is 6.54 Å². The first-order chi connectivity index (χ1) is 10.7. The Labute approximate surface area is 129 Å². The highest BCUT2D eigenvalue weighted by atomic mass is 16.2. The molecule has 3 rings (SSSR count). The maximum atomic E-state index is 12.1. The molecule has 0 spiro atoms. The molecule has 2 aromatic heterocycles. The van der Waals surface area contributed by atoms with E-state index in [4.69, 9.17) is 0 Å². The molecule has 22 heavy (non-hydrogen) atoms. The first-order valence-electron chi connectivity index (χ1n) is 7.56. The summed E-state index contributed by atoms with van der Waals surface area (Å²) in [6.07, 6.45) is 7.21. The summed E-state index contributed by atoms with van der Waals surface area (Å²) in [6.45, 7) is 4.41. The molecule has 7 heteroatoms. The average Bonchev–Trinajstić information content (AvgIpc) is 3.24. The average molecular weight is 300 g/mol. The van der Waals surface area contributed by atoms with E-state index >= 15 is 0 Å². The molecule has 3 heterocycles. The molecule has 0 saturated carbocycles. The Morgan fingerprint density at radius 3 is 2.95 bits per heavy atom. The van der Waals surface area contributed by atoms with E-state index in [1.807, 2.05) is 12.1 Å². The highest BCUT2D eigenvalue weighted by molar-refractivity contribution is 5.79. The van der Waals surface area contributed by atoms with Gasteiger partial charge in [0.15, 0.2) is 0 Å². The van der Waals surface area contributed by atoms with Crippen LogP contribution in [0.1, 0.15) is 31.4 Å². The first kappa shape index (κ1) is 14.5. The van der Waals surface area contributed by atoms with Crippen LogP contribution in [0.15, 0.2) is 31.0 Å². The summed E-state index contributed by atoms with van der Waals surface area (Å²) in [4.78, 5) is 22.7. The highest BCUT2D eigenvalue weighted by Crippen LogP contribution is 2.18. The summed E-state index contributed by atoms with van der Waals surface area (Å²) < 4.78 is 1.54. The molecule has 1 N–H and O–H groups in total. The number of carbonyl (C=O) groups is 1. The van der Waals surface area contributed by atoms with Crippen LogP contribution in [0.4, 0.5) is 5.82 Å². The largest absolute Gasteiger partial charge is 0.357 e. The minimum absolute atomic E-state index is 0.0787. The van der Waals surface area contributed by atoms with Gasteiger partial charge < -0.3 is 10.2 Å². The van der Waals surface area contributed by atoms with Gasteiger partial charge in [-0.2, -0.15) is 5.10 Å². The van der Waals surface area contributed by atoms with Crippen LogP contribution in [0.5, 0.6) is 0 Å². The van der Waals surface area contributed by atoms with E-state index in [1.54, 1.807) is 19.4 Å². The Bertz CT molecular complexity index is 621. The van der Waals surface area contributed by atoms with Crippen molar-refractivity contribution < 1.29 is 4.79 Å². The van der Waals surface area contributed by atoms with Crippen LogP contribution in [0, 0.1) is 0 Å². The molecule has 1 aliphatic rings. The molecule has 0 unspecified atom stereocenters. The van der Waals surface area contributed by atoms with E-state index in [-0.39, 0.29) is 11.9 Å². The standard InChI is InChI=1S/C15H20N6O/c1-12(21-11-16-10-19-21)15(22)18-9-13-4-5-17-14(8-13)20-6-2-3-7-20/h4-5,8,10-12H,2-3,6-7,9H2,1H3,(H,18,22)/t12-/m1/s1. The van der Waals surface area contributed by atoms with Gasteiger partial charge in [-0.15, -0.1) is 0 Å². The van der Waals surface area contributed by atoms with Crippen molar-refractivity contribution in [2.24, 2.45) is 0 Å². The maximum absolute atomic E-state index is 12.1. The second kappa shape index (κ2) is 6.55. The molecule has 0 bridgehead atoms. The molecule has 0 aromatic carbocycles. The molecule has 2 aromatic rings. The normalized spacial score (nSPS) is 15.8. The fourth-order valence-corrected chi connectivity index (χ4v) is 2.56. The summed E-state index contributed by atoms with van der Waals surface area (Å²) in [7, 11) is 0. The maximum Gasteiger partial charge on any atom is 0.244 e. The highest BCUT2D eigenvalue weighted by Gasteiger charge is 2.16. The number of hydrogen-bond acceptors (Lipinski definition) is 5. The molecule has 1 amide bonds. The van der Waals surface area contributed by atoms with Crippen molar-refractivity contribution in [1.29, 1.82) is 0 Å². The number of amides is 1. The van der Waals surface area contributed by atoms with Gasteiger partial charge in [-0.05, 0) is 37.5 Å². The lowest BCUT2D eigenvalue weighted by Gasteiger charge is -2.17. The van der Waals surface area contributed by atoms with Crippen LogP contribution in [-0.2, 0) is 11.3 Å². The smallest absolute Gasteiger partial charge is 0.244 e. The quantitative estimate of drug-likeness (QED) is 0.896. The first-order valence-corrected chi connectivity index (χ1v) is 7.56. The molecular formula is C15H20N6O. The fourth-order valence-electron chi connectivity index (χ4n) is 2.56. The predicted molar refractivity (Wildman–Crippen MR) is 82.3 cm³/mol. The molecule has 1 fully saturated rings. The molecule has 0 aliphatic carbocycles. The fraction of sp³-hybridized carbons (Fsp3) is 0.467. The zero-order valence-corrected chi connectivity index (χ0v) is 12.6. The van der Waals surface area contributed by atoms with Gasteiger partial charge in [0.1, 0.15) is 24.5 Å². The molecule has 7 nitrogen and oxygen atoms in total. The molecule has 116 valence electrons. The number of aromatic nitrogens is 4. The van der Waals surface area contributed by atoms with Crippen molar-refractivity contribution in [2.75, 3.05) is 18.0 Å². The van der Waals surface area contributed by atoms with Crippen LogP contribution in [-0.4, -0.2) is 38.7 Å². The molecule has 1 atom stereocenters. The van der Waals surface area contributed by atoms with Gasteiger partial charge in [0.2, 0.25) is 5.91 Å². The van der Waals surface area contributed by atoms with Crippen molar-refractivity contribution >= 4 is 11.7 Å². The zero-order valence-electron chi connectivity index (χ0n) is 12.6. The number of nitrogens with zero attached hydrogens (tertiary/aromatic N) is 5. The lowest BCUT2D eigenvalue weighted by atomic mass is 10.2. The van der Waals surface area contributed by atoms with E-state index in [2.05, 4.69) is 25.3 Å². The van der Waals surface area contributed by atoms with Crippen molar-refractivity contribution in [2.45, 2.75) is 32.4 Å². The van der Waals surface area contributed by atoms with E-state index in [9.17, 15) is 4.79 Å². The van der Waals surface area contributed by atoms with Crippen LogP contribution >= 0.6 is 0 Å². The van der Waals surface area contributed by atoms with Crippen LogP contribution < -0.4 is 10.2 Å². The van der Waals surface area contributed by atoms with Crippen molar-refractivity contribution in [1.82, 2.24) is 25.1 Å². The Kier molecular flexibility index (Phi) is 4.32. The minimum Gasteiger partial charge on any atom is -0.357 e. The van der Waals surface area contributed by atoms with Crippen LogP contribution in [0.3, 0.4) is 0 Å². The third-order valence-corrected chi connectivity index (χ3v) is 3.92. The topological polar surface area (TPSA) is 75.9 Å². The number of rotatable bonds is 5. The van der Waals surface area contributed by atoms with E-state index < -0.39 is 0 Å². The van der Waals surface area contributed by atoms with Gasteiger partial charge in [0, 0.05) is 25.8 Å². The summed E-state index contributed by atoms with van der Waals surface area (Å²) in [5.74, 6) is 0.915. The second-order valence-corrected chi connectivity index (χ2v) is 5.49. The van der Waals surface area contributed by atoms with Gasteiger partial charge >= 0.3 is 0 Å². The van der Waals surface area contributed by atoms with Crippen molar-refractivity contribution in [3.63, 3.8) is 0 Å². The van der Waals surface area contributed by atoms with Gasteiger partial charge in [0.05, 0.1) is 0 Å². The number of hydrogen-bond donors (Lipinski definition) is 1. The van der Waals surface area contributed by atoms with Crippen LogP contribution in [0.25, 0.3) is 0 Å². The Hall–Kier alpha value is -2.44. The van der Waals surface area contributed by atoms with Gasteiger partial charge in [-0.3, -0.25) is 4.79 Å². The zero-order chi connectivity index (χ0) is 15.4. The van der Waals surface area contributed by atoms with E-state index in [1.165, 1.54) is 23.9 Å². The number of carbonyl (C=O) groups excluding carboxylic acids is 1. The third-order valence-electron chi connectivity index (χ3n) is 3.92. The van der Waals surface area contributed by atoms with Crippen LogP contribution in [0.2, 0.25) is 0 Å². The Morgan fingerprint density at radius 1 is 1.41 bits per heavy atom. The Morgan fingerprint density at radius 2 is 2.23 bits per heavy atom. The lowest BCUT2D eigenvalue weighted by Crippen LogP contribution is -2.31. The molecule has 1 saturated heterocycles. The second-order valence-electron chi connectivity index (χ2n) is 5.49. The monoisotopic (exact) mass is 300 g/mol. The summed E-state index contributed by atoms with van der Waals surface area (Å²) in [6, 6.07) is 3.61. The third kappa shape index (κ3) is 3.24. The van der Waals surface area contributed by atoms with Gasteiger partial charge in [-0.1, -0.05) is 0 Å². The molecule has 0 radical (unpaired) electrons.